The lowest BCUT2D eigenvalue weighted by atomic mass is 10.3. The molecule has 2 nitrogen and oxygen atoms in total. The number of benzene rings is 1. The van der Waals surface area contributed by atoms with Crippen molar-refractivity contribution in [2.45, 2.75) is 9.92 Å². The Morgan fingerprint density at radius 3 is 2.80 bits per heavy atom. The molecule has 1 aromatic heterocycles. The van der Waals surface area contributed by atoms with E-state index in [0.29, 0.717) is 0 Å². The largest absolute Gasteiger partial charge is 0.398 e. The molecule has 0 spiro atoms. The Labute approximate surface area is 101 Å². The first-order valence-corrected chi connectivity index (χ1v) is 6.00. The summed E-state index contributed by atoms with van der Waals surface area (Å²) in [4.78, 5) is 5.25. The number of nitrogen functional groups attached to an aromatic ring is 1. The Bertz CT molecular complexity index is 459. The molecule has 4 heteroatoms. The Hall–Kier alpha value is -1.00. The highest BCUT2D eigenvalue weighted by molar-refractivity contribution is 9.10. The molecule has 0 aliphatic rings. The van der Waals surface area contributed by atoms with Crippen LogP contribution in [0.3, 0.4) is 0 Å². The van der Waals surface area contributed by atoms with Gasteiger partial charge in [0.05, 0.1) is 0 Å². The van der Waals surface area contributed by atoms with E-state index in [4.69, 9.17) is 5.73 Å². The third-order valence-corrected chi connectivity index (χ3v) is 3.35. The van der Waals surface area contributed by atoms with Crippen LogP contribution < -0.4 is 5.73 Å². The molecule has 0 bridgehead atoms. The second-order valence-electron chi connectivity index (χ2n) is 2.95. The number of nitrogens with two attached hydrogens (primary N) is 1. The van der Waals surface area contributed by atoms with Crippen molar-refractivity contribution >= 4 is 33.4 Å². The number of hydrogen-bond acceptors (Lipinski definition) is 3. The van der Waals surface area contributed by atoms with Crippen molar-refractivity contribution in [2.24, 2.45) is 0 Å². The minimum atomic E-state index is 0.772. The van der Waals surface area contributed by atoms with Gasteiger partial charge in [0.15, 0.2) is 0 Å². The zero-order valence-electron chi connectivity index (χ0n) is 7.85. The Kier molecular flexibility index (Phi) is 3.28. The molecule has 2 N–H and O–H groups in total. The standard InChI is InChI=1S/C11H9BrN2S/c12-8-4-5-9(13)10(7-8)15-11-3-1-2-6-14-11/h1-7H,13H2. The first-order chi connectivity index (χ1) is 7.25. The summed E-state index contributed by atoms with van der Waals surface area (Å²) in [5.74, 6) is 0. The second-order valence-corrected chi connectivity index (χ2v) is 4.93. The number of nitrogens with zero attached hydrogens (tertiary/aromatic N) is 1. The van der Waals surface area contributed by atoms with Crippen molar-refractivity contribution in [1.29, 1.82) is 0 Å². The first-order valence-electron chi connectivity index (χ1n) is 4.39. The van der Waals surface area contributed by atoms with Crippen LogP contribution in [0.2, 0.25) is 0 Å². The number of anilines is 1. The van der Waals surface area contributed by atoms with Gasteiger partial charge in [-0.1, -0.05) is 33.8 Å². The van der Waals surface area contributed by atoms with Gasteiger partial charge in [-0.2, -0.15) is 0 Å². The van der Waals surface area contributed by atoms with Gasteiger partial charge in [-0.3, -0.25) is 0 Å². The molecule has 0 unspecified atom stereocenters. The van der Waals surface area contributed by atoms with E-state index in [0.717, 1.165) is 20.1 Å². The molecule has 0 aliphatic heterocycles. The van der Waals surface area contributed by atoms with Crippen LogP contribution in [0.1, 0.15) is 0 Å². The molecule has 0 radical (unpaired) electrons. The summed E-state index contributed by atoms with van der Waals surface area (Å²) in [5, 5.41) is 0.947. The van der Waals surface area contributed by atoms with E-state index in [1.165, 1.54) is 0 Å². The van der Waals surface area contributed by atoms with Crippen LogP contribution in [-0.4, -0.2) is 4.98 Å². The lowest BCUT2D eigenvalue weighted by Gasteiger charge is -2.04. The molecule has 2 rings (SSSR count). The van der Waals surface area contributed by atoms with Crippen LogP contribution in [0, 0.1) is 0 Å². The average molecular weight is 281 g/mol. The quantitative estimate of drug-likeness (QED) is 0.855. The highest BCUT2D eigenvalue weighted by Crippen LogP contribution is 2.32. The van der Waals surface area contributed by atoms with E-state index in [9.17, 15) is 0 Å². The Morgan fingerprint density at radius 1 is 1.20 bits per heavy atom. The van der Waals surface area contributed by atoms with Crippen molar-refractivity contribution in [1.82, 2.24) is 4.98 Å². The van der Waals surface area contributed by atoms with Gasteiger partial charge in [0.2, 0.25) is 0 Å². The van der Waals surface area contributed by atoms with E-state index < -0.39 is 0 Å². The number of pyridine rings is 1. The van der Waals surface area contributed by atoms with Gasteiger partial charge < -0.3 is 5.73 Å². The highest BCUT2D eigenvalue weighted by Gasteiger charge is 2.02. The van der Waals surface area contributed by atoms with Crippen molar-refractivity contribution in [3.63, 3.8) is 0 Å². The van der Waals surface area contributed by atoms with E-state index in [1.807, 2.05) is 36.4 Å². The van der Waals surface area contributed by atoms with Gasteiger partial charge in [-0.05, 0) is 30.3 Å². The predicted molar refractivity (Wildman–Crippen MR) is 66.9 cm³/mol. The molecule has 0 saturated heterocycles. The van der Waals surface area contributed by atoms with Gasteiger partial charge in [-0.15, -0.1) is 0 Å². The lowest BCUT2D eigenvalue weighted by molar-refractivity contribution is 1.13. The third kappa shape index (κ3) is 2.73. The maximum absolute atomic E-state index is 5.87. The summed E-state index contributed by atoms with van der Waals surface area (Å²) in [5.41, 5.74) is 6.64. The predicted octanol–water partition coefficient (Wildman–Crippen LogP) is 3.58. The number of halogens is 1. The fourth-order valence-corrected chi connectivity index (χ4v) is 2.49. The molecular formula is C11H9BrN2S. The van der Waals surface area contributed by atoms with Crippen LogP contribution in [-0.2, 0) is 0 Å². The molecule has 0 aliphatic carbocycles. The summed E-state index contributed by atoms with van der Waals surface area (Å²) in [7, 11) is 0. The summed E-state index contributed by atoms with van der Waals surface area (Å²) in [6, 6.07) is 11.6. The smallest absolute Gasteiger partial charge is 0.101 e. The molecule has 0 saturated carbocycles. The van der Waals surface area contributed by atoms with Gasteiger partial charge in [-0.25, -0.2) is 4.98 Å². The molecule has 2 aromatic rings. The first kappa shape index (κ1) is 10.5. The van der Waals surface area contributed by atoms with Crippen LogP contribution in [0.25, 0.3) is 0 Å². The van der Waals surface area contributed by atoms with Crippen molar-refractivity contribution in [3.05, 3.63) is 47.1 Å². The van der Waals surface area contributed by atoms with Crippen LogP contribution >= 0.6 is 27.7 Å². The minimum absolute atomic E-state index is 0.772. The van der Waals surface area contributed by atoms with Gasteiger partial charge in [0.1, 0.15) is 5.03 Å². The molecule has 1 heterocycles. The maximum atomic E-state index is 5.87. The average Bonchev–Trinajstić information content (AvgIpc) is 2.25. The van der Waals surface area contributed by atoms with E-state index in [2.05, 4.69) is 20.9 Å². The third-order valence-electron chi connectivity index (χ3n) is 1.83. The zero-order chi connectivity index (χ0) is 10.7. The van der Waals surface area contributed by atoms with Gasteiger partial charge in [0, 0.05) is 21.3 Å². The maximum Gasteiger partial charge on any atom is 0.101 e. The number of aromatic nitrogens is 1. The SMILES string of the molecule is Nc1ccc(Br)cc1Sc1ccccn1. The van der Waals surface area contributed by atoms with Gasteiger partial charge >= 0.3 is 0 Å². The molecule has 76 valence electrons. The summed E-state index contributed by atoms with van der Waals surface area (Å²) in [6.45, 7) is 0. The molecule has 1 aromatic carbocycles. The van der Waals surface area contributed by atoms with Crippen molar-refractivity contribution < 1.29 is 0 Å². The van der Waals surface area contributed by atoms with E-state index in [1.54, 1.807) is 18.0 Å². The van der Waals surface area contributed by atoms with Crippen LogP contribution in [0.5, 0.6) is 0 Å². The number of hydrogen-bond donors (Lipinski definition) is 1. The fourth-order valence-electron chi connectivity index (χ4n) is 1.12. The highest BCUT2D eigenvalue weighted by atomic mass is 79.9. The Morgan fingerprint density at radius 2 is 2.07 bits per heavy atom. The van der Waals surface area contributed by atoms with Gasteiger partial charge in [0.25, 0.3) is 0 Å². The zero-order valence-corrected chi connectivity index (χ0v) is 10.3. The lowest BCUT2D eigenvalue weighted by Crippen LogP contribution is -1.88. The van der Waals surface area contributed by atoms with Crippen molar-refractivity contribution in [3.8, 4) is 0 Å². The minimum Gasteiger partial charge on any atom is -0.398 e. The topological polar surface area (TPSA) is 38.9 Å². The van der Waals surface area contributed by atoms with Crippen LogP contribution in [0.4, 0.5) is 5.69 Å². The molecule has 0 fully saturated rings. The summed E-state index contributed by atoms with van der Waals surface area (Å²) < 4.78 is 1.02. The molecule has 0 amide bonds. The van der Waals surface area contributed by atoms with E-state index in [-0.39, 0.29) is 0 Å². The monoisotopic (exact) mass is 280 g/mol. The summed E-state index contributed by atoms with van der Waals surface area (Å²) in [6.07, 6.45) is 1.77. The fraction of sp³-hybridized carbons (Fsp3) is 0. The number of rotatable bonds is 2. The Balaban J connectivity index is 2.28. The molecule has 0 atom stereocenters. The van der Waals surface area contributed by atoms with Crippen molar-refractivity contribution in [2.75, 3.05) is 5.73 Å². The van der Waals surface area contributed by atoms with Crippen LogP contribution in [0.15, 0.2) is 57.0 Å². The van der Waals surface area contributed by atoms with E-state index >= 15 is 0 Å². The normalized spacial score (nSPS) is 10.2. The second kappa shape index (κ2) is 4.68. The summed E-state index contributed by atoms with van der Waals surface area (Å²) >= 11 is 4.98. The molecular weight excluding hydrogens is 272 g/mol. The molecule has 15 heavy (non-hydrogen) atoms.